The van der Waals surface area contributed by atoms with Gasteiger partial charge in [0, 0.05) is 51.2 Å². The molecule has 2 atom stereocenters. The molecule has 0 saturated carbocycles. The average Bonchev–Trinajstić information content (AvgIpc) is 2.68. The summed E-state index contributed by atoms with van der Waals surface area (Å²) in [6, 6.07) is 2.42. The summed E-state index contributed by atoms with van der Waals surface area (Å²) in [5, 5.41) is 0. The van der Waals surface area contributed by atoms with Crippen molar-refractivity contribution in [1.82, 2.24) is 19.8 Å². The Labute approximate surface area is 143 Å². The first-order valence-corrected chi connectivity index (χ1v) is 9.36. The number of rotatable bonds is 2. The Kier molecular flexibility index (Phi) is 4.65. The van der Waals surface area contributed by atoms with Crippen molar-refractivity contribution < 1.29 is 4.79 Å². The predicted molar refractivity (Wildman–Crippen MR) is 92.8 cm³/mol. The molecule has 3 aliphatic heterocycles. The first-order chi connectivity index (χ1) is 11.8. The van der Waals surface area contributed by atoms with E-state index in [-0.39, 0.29) is 5.92 Å². The Morgan fingerprint density at radius 3 is 2.71 bits per heavy atom. The molecule has 3 fully saturated rings. The third-order valence-corrected chi connectivity index (χ3v) is 5.75. The van der Waals surface area contributed by atoms with Crippen molar-refractivity contribution >= 4 is 11.9 Å². The lowest BCUT2D eigenvalue weighted by molar-refractivity contribution is -0.139. The summed E-state index contributed by atoms with van der Waals surface area (Å²) < 4.78 is 0. The van der Waals surface area contributed by atoms with Crippen LogP contribution in [0.25, 0.3) is 0 Å². The van der Waals surface area contributed by atoms with Crippen LogP contribution in [-0.4, -0.2) is 71.0 Å². The van der Waals surface area contributed by atoms with Gasteiger partial charge in [0.05, 0.1) is 5.92 Å². The highest BCUT2D eigenvalue weighted by Crippen LogP contribution is 2.25. The lowest BCUT2D eigenvalue weighted by Gasteiger charge is -2.45. The summed E-state index contributed by atoms with van der Waals surface area (Å²) in [5.41, 5.74) is 0. The SMILES string of the molecule is O=C([C@@H]1CCCN(c2ncccn2)C1)N1CCN2CCCC[C@H]2C1. The molecular weight excluding hydrogens is 302 g/mol. The zero-order chi connectivity index (χ0) is 16.4. The quantitative estimate of drug-likeness (QED) is 0.821. The van der Waals surface area contributed by atoms with Crippen molar-refractivity contribution in [3.63, 3.8) is 0 Å². The number of amides is 1. The van der Waals surface area contributed by atoms with Crippen LogP contribution in [0.1, 0.15) is 32.1 Å². The number of piperidine rings is 2. The molecule has 0 radical (unpaired) electrons. The molecule has 0 unspecified atom stereocenters. The molecule has 6 nitrogen and oxygen atoms in total. The predicted octanol–water partition coefficient (Wildman–Crippen LogP) is 1.39. The molecule has 3 saturated heterocycles. The molecule has 130 valence electrons. The second-order valence-corrected chi connectivity index (χ2v) is 7.30. The first kappa shape index (κ1) is 15.8. The van der Waals surface area contributed by atoms with Crippen LogP contribution < -0.4 is 4.90 Å². The Morgan fingerprint density at radius 1 is 0.958 bits per heavy atom. The fourth-order valence-corrected chi connectivity index (χ4v) is 4.43. The van der Waals surface area contributed by atoms with E-state index >= 15 is 0 Å². The van der Waals surface area contributed by atoms with E-state index in [1.54, 1.807) is 12.4 Å². The second kappa shape index (κ2) is 7.05. The van der Waals surface area contributed by atoms with E-state index in [0.29, 0.717) is 11.9 Å². The van der Waals surface area contributed by atoms with Crippen molar-refractivity contribution in [2.24, 2.45) is 5.92 Å². The van der Waals surface area contributed by atoms with Crippen LogP contribution in [0, 0.1) is 5.92 Å². The van der Waals surface area contributed by atoms with Gasteiger partial charge in [-0.3, -0.25) is 9.69 Å². The molecule has 24 heavy (non-hydrogen) atoms. The van der Waals surface area contributed by atoms with E-state index in [2.05, 4.69) is 24.7 Å². The average molecular weight is 329 g/mol. The molecule has 0 bridgehead atoms. The smallest absolute Gasteiger partial charge is 0.227 e. The van der Waals surface area contributed by atoms with Gasteiger partial charge in [0.25, 0.3) is 0 Å². The molecule has 6 heteroatoms. The van der Waals surface area contributed by atoms with E-state index in [9.17, 15) is 4.79 Å². The molecule has 0 aromatic carbocycles. The molecule has 1 amide bonds. The minimum absolute atomic E-state index is 0.0951. The number of anilines is 1. The van der Waals surface area contributed by atoms with Crippen molar-refractivity contribution in [3.05, 3.63) is 18.5 Å². The van der Waals surface area contributed by atoms with Gasteiger partial charge in [-0.25, -0.2) is 9.97 Å². The number of hydrogen-bond donors (Lipinski definition) is 0. The Balaban J connectivity index is 1.39. The van der Waals surface area contributed by atoms with Crippen LogP contribution in [0.3, 0.4) is 0 Å². The van der Waals surface area contributed by atoms with Gasteiger partial charge in [-0.1, -0.05) is 6.42 Å². The Hall–Kier alpha value is -1.69. The standard InChI is InChI=1S/C18H27N5O/c24-17(22-12-11-21-9-2-1-6-16(21)14-22)15-5-3-10-23(13-15)18-19-7-4-8-20-18/h4,7-8,15-16H,1-3,5-6,9-14H2/t15-,16+/m1/s1. The molecule has 0 spiro atoms. The summed E-state index contributed by atoms with van der Waals surface area (Å²) in [4.78, 5) is 28.6. The lowest BCUT2D eigenvalue weighted by Crippen LogP contribution is -2.58. The van der Waals surface area contributed by atoms with Crippen molar-refractivity contribution in [1.29, 1.82) is 0 Å². The van der Waals surface area contributed by atoms with E-state index in [4.69, 9.17) is 0 Å². The summed E-state index contributed by atoms with van der Waals surface area (Å²) in [6.07, 6.45) is 9.46. The van der Waals surface area contributed by atoms with Gasteiger partial charge in [0.15, 0.2) is 0 Å². The van der Waals surface area contributed by atoms with E-state index in [1.165, 1.54) is 25.8 Å². The van der Waals surface area contributed by atoms with Crippen molar-refractivity contribution in [3.8, 4) is 0 Å². The number of piperazine rings is 1. The highest BCUT2D eigenvalue weighted by atomic mass is 16.2. The van der Waals surface area contributed by atoms with Crippen LogP contribution in [-0.2, 0) is 4.79 Å². The third-order valence-electron chi connectivity index (χ3n) is 5.75. The van der Waals surface area contributed by atoms with Gasteiger partial charge in [-0.2, -0.15) is 0 Å². The van der Waals surface area contributed by atoms with Crippen LogP contribution in [0.15, 0.2) is 18.5 Å². The zero-order valence-corrected chi connectivity index (χ0v) is 14.3. The molecule has 3 aliphatic rings. The number of hydrogen-bond acceptors (Lipinski definition) is 5. The molecule has 1 aromatic heterocycles. The normalized spacial score (nSPS) is 28.5. The maximum atomic E-state index is 13.0. The molecule has 4 heterocycles. The molecule has 0 N–H and O–H groups in total. The van der Waals surface area contributed by atoms with E-state index < -0.39 is 0 Å². The number of carbonyl (C=O) groups is 1. The van der Waals surface area contributed by atoms with Gasteiger partial charge in [-0.05, 0) is 38.3 Å². The van der Waals surface area contributed by atoms with E-state index in [1.807, 2.05) is 6.07 Å². The summed E-state index contributed by atoms with van der Waals surface area (Å²) in [6.45, 7) is 5.80. The van der Waals surface area contributed by atoms with Crippen molar-refractivity contribution in [2.75, 3.05) is 44.2 Å². The largest absolute Gasteiger partial charge is 0.340 e. The topological polar surface area (TPSA) is 52.6 Å². The van der Waals surface area contributed by atoms with Gasteiger partial charge >= 0.3 is 0 Å². The molecule has 1 aromatic rings. The number of nitrogens with zero attached hydrogens (tertiary/aromatic N) is 5. The number of aromatic nitrogens is 2. The van der Waals surface area contributed by atoms with Gasteiger partial charge < -0.3 is 9.80 Å². The second-order valence-electron chi connectivity index (χ2n) is 7.30. The maximum absolute atomic E-state index is 13.0. The van der Waals surface area contributed by atoms with Crippen LogP contribution in [0.5, 0.6) is 0 Å². The summed E-state index contributed by atoms with van der Waals surface area (Å²) in [5.74, 6) is 1.20. The maximum Gasteiger partial charge on any atom is 0.227 e. The van der Waals surface area contributed by atoms with Gasteiger partial charge in [-0.15, -0.1) is 0 Å². The van der Waals surface area contributed by atoms with Crippen LogP contribution >= 0.6 is 0 Å². The lowest BCUT2D eigenvalue weighted by atomic mass is 9.94. The minimum Gasteiger partial charge on any atom is -0.340 e. The highest BCUT2D eigenvalue weighted by molar-refractivity contribution is 5.80. The van der Waals surface area contributed by atoms with Crippen LogP contribution in [0.4, 0.5) is 5.95 Å². The number of fused-ring (bicyclic) bond motifs is 1. The monoisotopic (exact) mass is 329 g/mol. The van der Waals surface area contributed by atoms with Crippen LogP contribution in [0.2, 0.25) is 0 Å². The molecule has 4 rings (SSSR count). The highest BCUT2D eigenvalue weighted by Gasteiger charge is 2.35. The third kappa shape index (κ3) is 3.24. The fourth-order valence-electron chi connectivity index (χ4n) is 4.43. The first-order valence-electron chi connectivity index (χ1n) is 9.36. The Morgan fingerprint density at radius 2 is 1.83 bits per heavy atom. The zero-order valence-electron chi connectivity index (χ0n) is 14.3. The minimum atomic E-state index is 0.0951. The summed E-state index contributed by atoms with van der Waals surface area (Å²) >= 11 is 0. The molecule has 0 aliphatic carbocycles. The summed E-state index contributed by atoms with van der Waals surface area (Å²) in [7, 11) is 0. The molecular formula is C18H27N5O. The Bertz CT molecular complexity index is 566. The number of carbonyl (C=O) groups excluding carboxylic acids is 1. The van der Waals surface area contributed by atoms with Gasteiger partial charge in [0.2, 0.25) is 11.9 Å². The van der Waals surface area contributed by atoms with E-state index in [0.717, 1.165) is 51.5 Å². The van der Waals surface area contributed by atoms with Crippen molar-refractivity contribution in [2.45, 2.75) is 38.1 Å². The van der Waals surface area contributed by atoms with Gasteiger partial charge in [0.1, 0.15) is 0 Å². The fraction of sp³-hybridized carbons (Fsp3) is 0.722.